The Labute approximate surface area is 364 Å². The maximum atomic E-state index is 6.61. The Kier molecular flexibility index (Phi) is 9.04. The van der Waals surface area contributed by atoms with Gasteiger partial charge in [-0.3, -0.25) is 0 Å². The van der Waals surface area contributed by atoms with Crippen molar-refractivity contribution < 1.29 is 4.42 Å². The summed E-state index contributed by atoms with van der Waals surface area (Å²) in [6.45, 7) is 0. The number of aromatic nitrogens is 4. The van der Waals surface area contributed by atoms with Gasteiger partial charge < -0.3 is 4.42 Å². The molecule has 4 aromatic heterocycles. The van der Waals surface area contributed by atoms with E-state index in [1.807, 2.05) is 54.6 Å². The zero-order valence-electron chi connectivity index (χ0n) is 35.3. The second-order valence-corrected chi connectivity index (χ2v) is 16.3. The molecular formula is C52H37B5N4O. The summed E-state index contributed by atoms with van der Waals surface area (Å²) in [6, 6.07) is 57.0. The summed E-state index contributed by atoms with van der Waals surface area (Å²) in [5.74, 6) is 0.590. The summed E-state index contributed by atoms with van der Waals surface area (Å²) in [6.07, 6.45) is 0. The molecule has 0 saturated heterocycles. The van der Waals surface area contributed by atoms with Gasteiger partial charge in [-0.15, -0.1) is 16.4 Å². The zero-order chi connectivity index (χ0) is 42.1. The van der Waals surface area contributed by atoms with Gasteiger partial charge in [0.25, 0.3) is 0 Å². The minimum absolute atomic E-state index is 0.590. The van der Waals surface area contributed by atoms with Crippen LogP contribution in [0.25, 0.3) is 111 Å². The molecule has 0 spiro atoms. The summed E-state index contributed by atoms with van der Waals surface area (Å²) < 4.78 is 6.61. The molecule has 0 atom stereocenters. The first kappa shape index (κ1) is 37.6. The number of hydrogen-bond donors (Lipinski definition) is 0. The highest BCUT2D eigenvalue weighted by Gasteiger charge is 2.22. The third-order valence-electron chi connectivity index (χ3n) is 12.9. The van der Waals surface area contributed by atoms with Crippen LogP contribution in [0.1, 0.15) is 0 Å². The molecule has 0 saturated carbocycles. The molecule has 11 aromatic rings. The lowest BCUT2D eigenvalue weighted by molar-refractivity contribution is 0.668. The number of benzene rings is 7. The highest BCUT2D eigenvalue weighted by molar-refractivity contribution is 6.68. The number of hydrogen-bond acceptors (Lipinski definition) is 5. The van der Waals surface area contributed by atoms with Crippen molar-refractivity contribution in [1.29, 1.82) is 0 Å². The van der Waals surface area contributed by atoms with Crippen molar-refractivity contribution in [3.05, 3.63) is 164 Å². The molecule has 286 valence electrons. The van der Waals surface area contributed by atoms with E-state index in [-0.39, 0.29) is 0 Å². The van der Waals surface area contributed by atoms with Gasteiger partial charge in [-0.05, 0) is 57.8 Å². The van der Waals surface area contributed by atoms with E-state index < -0.39 is 0 Å². The van der Waals surface area contributed by atoms with E-state index in [1.165, 1.54) is 27.3 Å². The number of nitrogens with zero attached hydrogens (tertiary/aromatic N) is 4. The molecule has 7 aromatic carbocycles. The van der Waals surface area contributed by atoms with E-state index in [2.05, 4.69) is 148 Å². The normalized spacial score (nSPS) is 11.5. The highest BCUT2D eigenvalue weighted by atomic mass is 16.3. The Morgan fingerprint density at radius 2 is 0.952 bits per heavy atom. The second-order valence-electron chi connectivity index (χ2n) is 16.3. The van der Waals surface area contributed by atoms with Gasteiger partial charge >= 0.3 is 0 Å². The molecule has 0 aliphatic carbocycles. The van der Waals surface area contributed by atoms with Gasteiger partial charge in [-0.1, -0.05) is 144 Å². The van der Waals surface area contributed by atoms with Gasteiger partial charge in [0.1, 0.15) is 56.2 Å². The van der Waals surface area contributed by atoms with Gasteiger partial charge in [-0.25, -0.2) is 19.9 Å². The average Bonchev–Trinajstić information content (AvgIpc) is 3.71. The van der Waals surface area contributed by atoms with Crippen molar-refractivity contribution >= 4 is 110 Å². The third kappa shape index (κ3) is 6.25. The fourth-order valence-corrected chi connectivity index (χ4v) is 9.14. The second kappa shape index (κ2) is 14.9. The van der Waals surface area contributed by atoms with Gasteiger partial charge in [0.15, 0.2) is 11.4 Å². The van der Waals surface area contributed by atoms with Crippen LogP contribution in [0.3, 0.4) is 0 Å². The largest absolute Gasteiger partial charge is 0.454 e. The lowest BCUT2D eigenvalue weighted by Gasteiger charge is -2.20. The predicted octanol–water partition coefficient (Wildman–Crippen LogP) is 4.77. The standard InChI is InChI=1S/C52H37B5N4O/c53-45-44(46(54)48(56)49(57)47(45)55)50-51-37(36-15-7-9-17-43(36)62-51)26-40(59-50)31-20-18-28(19-21-31)32-23-24-35(34-14-6-5-13-33(32)34)42-27-41(29-10-2-1-3-11-29)60-52(61-42)39-25-22-30-12-4-8-16-38(30)58-39/h1-27H,53-57H2. The zero-order valence-corrected chi connectivity index (χ0v) is 35.3. The van der Waals surface area contributed by atoms with Crippen LogP contribution in [0.2, 0.25) is 0 Å². The van der Waals surface area contributed by atoms with Crippen LogP contribution in [-0.4, -0.2) is 59.2 Å². The molecule has 0 amide bonds. The van der Waals surface area contributed by atoms with Gasteiger partial charge in [-0.2, -0.15) is 0 Å². The number of pyridine rings is 2. The Hall–Kier alpha value is -7.44. The van der Waals surface area contributed by atoms with Crippen LogP contribution in [0.4, 0.5) is 0 Å². The van der Waals surface area contributed by atoms with Crippen molar-refractivity contribution in [2.24, 2.45) is 0 Å². The first-order valence-corrected chi connectivity index (χ1v) is 21.1. The molecule has 0 aliphatic rings. The summed E-state index contributed by atoms with van der Waals surface area (Å²) in [5, 5.41) is 5.50. The summed E-state index contributed by atoms with van der Waals surface area (Å²) in [5.41, 5.74) is 19.7. The van der Waals surface area contributed by atoms with Crippen LogP contribution in [-0.2, 0) is 0 Å². The Balaban J connectivity index is 1.03. The molecule has 10 heteroatoms. The van der Waals surface area contributed by atoms with Crippen molar-refractivity contribution in [3.8, 4) is 67.7 Å². The highest BCUT2D eigenvalue weighted by Crippen LogP contribution is 2.39. The fourth-order valence-electron chi connectivity index (χ4n) is 9.14. The Morgan fingerprint density at radius 1 is 0.371 bits per heavy atom. The molecule has 0 N–H and O–H groups in total. The first-order chi connectivity index (χ1) is 30.3. The van der Waals surface area contributed by atoms with Crippen LogP contribution in [0.15, 0.2) is 168 Å². The topological polar surface area (TPSA) is 64.7 Å². The average molecular weight is 788 g/mol. The van der Waals surface area contributed by atoms with E-state index in [0.717, 1.165) is 105 Å². The lowest BCUT2D eigenvalue weighted by atomic mass is 9.60. The number of para-hydroxylation sites is 2. The van der Waals surface area contributed by atoms with Gasteiger partial charge in [0, 0.05) is 32.8 Å². The minimum atomic E-state index is 0.590. The molecule has 4 heterocycles. The summed E-state index contributed by atoms with van der Waals surface area (Å²) >= 11 is 0. The fraction of sp³-hybridized carbons (Fsp3) is 0. The van der Waals surface area contributed by atoms with Crippen molar-refractivity contribution in [3.63, 3.8) is 0 Å². The maximum absolute atomic E-state index is 6.61. The quantitative estimate of drug-likeness (QED) is 0.228. The summed E-state index contributed by atoms with van der Waals surface area (Å²) in [4.78, 5) is 20.7. The van der Waals surface area contributed by atoms with Crippen LogP contribution in [0.5, 0.6) is 0 Å². The van der Waals surface area contributed by atoms with Crippen LogP contribution < -0.4 is 27.3 Å². The first-order valence-electron chi connectivity index (χ1n) is 21.1. The predicted molar refractivity (Wildman–Crippen MR) is 273 cm³/mol. The van der Waals surface area contributed by atoms with Gasteiger partial charge in [0.05, 0.1) is 22.6 Å². The Bertz CT molecular complexity index is 3560. The van der Waals surface area contributed by atoms with Crippen molar-refractivity contribution in [2.45, 2.75) is 0 Å². The Morgan fingerprint density at radius 3 is 1.73 bits per heavy atom. The number of furan rings is 1. The minimum Gasteiger partial charge on any atom is -0.454 e. The van der Waals surface area contributed by atoms with Crippen LogP contribution >= 0.6 is 0 Å². The van der Waals surface area contributed by atoms with Crippen molar-refractivity contribution in [2.75, 3.05) is 0 Å². The number of rotatable bonds is 6. The molecule has 62 heavy (non-hydrogen) atoms. The molecule has 0 unspecified atom stereocenters. The van der Waals surface area contributed by atoms with Crippen molar-refractivity contribution in [1.82, 2.24) is 19.9 Å². The van der Waals surface area contributed by atoms with E-state index in [0.29, 0.717) is 5.82 Å². The molecule has 0 aliphatic heterocycles. The molecule has 0 fully saturated rings. The van der Waals surface area contributed by atoms with E-state index in [4.69, 9.17) is 24.4 Å². The number of fused-ring (bicyclic) bond motifs is 5. The lowest BCUT2D eigenvalue weighted by Crippen LogP contribution is -2.55. The van der Waals surface area contributed by atoms with Crippen LogP contribution in [0, 0.1) is 0 Å². The smallest absolute Gasteiger partial charge is 0.179 e. The third-order valence-corrected chi connectivity index (χ3v) is 12.9. The monoisotopic (exact) mass is 788 g/mol. The molecule has 0 radical (unpaired) electrons. The van der Waals surface area contributed by atoms with E-state index >= 15 is 0 Å². The molecule has 11 rings (SSSR count). The molecular weight excluding hydrogens is 751 g/mol. The summed E-state index contributed by atoms with van der Waals surface area (Å²) in [7, 11) is 11.1. The van der Waals surface area contributed by atoms with Gasteiger partial charge in [0.2, 0.25) is 0 Å². The molecule has 5 nitrogen and oxygen atoms in total. The SMILES string of the molecule is Bc1c(B)c(B)c(-c2nc(-c3ccc(-c4ccc(-c5cc(-c6ccccc6)nc(-c6ccc7ccccc7n6)n5)c5ccccc45)cc3)cc3c2oc2ccccc23)c(B)c1B. The molecule has 0 bridgehead atoms. The van der Waals surface area contributed by atoms with E-state index in [1.54, 1.807) is 0 Å². The maximum Gasteiger partial charge on any atom is 0.179 e. The van der Waals surface area contributed by atoms with E-state index in [9.17, 15) is 0 Å².